The van der Waals surface area contributed by atoms with Gasteiger partial charge in [-0.3, -0.25) is 9.78 Å². The minimum atomic E-state index is -0.00103. The van der Waals surface area contributed by atoms with Crippen molar-refractivity contribution in [3.05, 3.63) is 42.2 Å². The summed E-state index contributed by atoms with van der Waals surface area (Å²) in [7, 11) is 3.46. The van der Waals surface area contributed by atoms with Gasteiger partial charge in [0.2, 0.25) is 5.91 Å². The van der Waals surface area contributed by atoms with E-state index in [1.807, 2.05) is 31.2 Å². The third-order valence-corrected chi connectivity index (χ3v) is 3.39. The van der Waals surface area contributed by atoms with Crippen molar-refractivity contribution in [3.8, 4) is 0 Å². The molecule has 7 heteroatoms. The number of halogens is 1. The van der Waals surface area contributed by atoms with Gasteiger partial charge in [0.25, 0.3) is 0 Å². The third-order valence-electron chi connectivity index (χ3n) is 3.39. The highest BCUT2D eigenvalue weighted by atomic mass is 127. The average Bonchev–Trinajstić information content (AvgIpc) is 2.56. The molecule has 1 aromatic carbocycles. The van der Waals surface area contributed by atoms with E-state index in [0.29, 0.717) is 12.5 Å². The third kappa shape index (κ3) is 5.63. The van der Waals surface area contributed by atoms with Crippen LogP contribution in [0.3, 0.4) is 0 Å². The lowest BCUT2D eigenvalue weighted by Crippen LogP contribution is -2.42. The molecule has 0 atom stereocenters. The maximum absolute atomic E-state index is 11.7. The zero-order chi connectivity index (χ0) is 16.7. The van der Waals surface area contributed by atoms with Gasteiger partial charge in [0.1, 0.15) is 0 Å². The molecular formula is C17H24IN5O. The maximum Gasteiger partial charge on any atom is 0.241 e. The second-order valence-corrected chi connectivity index (χ2v) is 5.32. The number of carbonyl (C=O) groups is 1. The lowest BCUT2D eigenvalue weighted by molar-refractivity contribution is -0.127. The molecule has 0 aliphatic rings. The Kier molecular flexibility index (Phi) is 8.45. The van der Waals surface area contributed by atoms with Crippen LogP contribution in [0.15, 0.2) is 41.5 Å². The number of benzene rings is 1. The molecule has 0 saturated carbocycles. The molecule has 2 N–H and O–H groups in total. The molecule has 0 saturated heterocycles. The number of hydrogen-bond acceptors (Lipinski definition) is 3. The predicted molar refractivity (Wildman–Crippen MR) is 109 cm³/mol. The van der Waals surface area contributed by atoms with E-state index in [-0.39, 0.29) is 36.4 Å². The standard InChI is InChI=1S/C17H23N5O.HI/c1-4-18-17(21-12-16(23)22(2)3)20-11-15-14-8-6-5-7-13(14)9-10-19-15;/h5-10H,4,11-12H2,1-3H3,(H2,18,20,21);1H. The van der Waals surface area contributed by atoms with Gasteiger partial charge >= 0.3 is 0 Å². The smallest absolute Gasteiger partial charge is 0.241 e. The van der Waals surface area contributed by atoms with Crippen LogP contribution in [0.25, 0.3) is 10.8 Å². The summed E-state index contributed by atoms with van der Waals surface area (Å²) in [6, 6.07) is 10.1. The first-order valence-corrected chi connectivity index (χ1v) is 7.66. The van der Waals surface area contributed by atoms with E-state index < -0.39 is 0 Å². The molecule has 2 aromatic rings. The van der Waals surface area contributed by atoms with Gasteiger partial charge in [0.05, 0.1) is 18.8 Å². The summed E-state index contributed by atoms with van der Waals surface area (Å²) in [6.07, 6.45) is 1.79. The number of aliphatic imine (C=N–C) groups is 1. The molecule has 1 aromatic heterocycles. The zero-order valence-electron chi connectivity index (χ0n) is 14.2. The zero-order valence-corrected chi connectivity index (χ0v) is 16.6. The summed E-state index contributed by atoms with van der Waals surface area (Å²) >= 11 is 0. The first-order valence-electron chi connectivity index (χ1n) is 7.66. The number of fused-ring (bicyclic) bond motifs is 1. The van der Waals surface area contributed by atoms with Crippen molar-refractivity contribution in [1.29, 1.82) is 0 Å². The summed E-state index contributed by atoms with van der Waals surface area (Å²) in [6.45, 7) is 3.38. The van der Waals surface area contributed by atoms with Gasteiger partial charge in [-0.1, -0.05) is 24.3 Å². The number of aromatic nitrogens is 1. The number of amides is 1. The van der Waals surface area contributed by atoms with Crippen LogP contribution >= 0.6 is 24.0 Å². The highest BCUT2D eigenvalue weighted by Gasteiger charge is 2.06. The summed E-state index contributed by atoms with van der Waals surface area (Å²) in [4.78, 5) is 22.2. The number of hydrogen-bond donors (Lipinski definition) is 2. The van der Waals surface area contributed by atoms with E-state index in [2.05, 4.69) is 26.7 Å². The van der Waals surface area contributed by atoms with Crippen LogP contribution in [-0.2, 0) is 11.3 Å². The molecule has 0 fully saturated rings. The Hall–Kier alpha value is -1.90. The normalized spacial score (nSPS) is 10.9. The van der Waals surface area contributed by atoms with Gasteiger partial charge in [0, 0.05) is 32.2 Å². The molecule has 0 radical (unpaired) electrons. The van der Waals surface area contributed by atoms with Gasteiger partial charge in [-0.2, -0.15) is 0 Å². The molecule has 0 unspecified atom stereocenters. The minimum absolute atomic E-state index is 0. The van der Waals surface area contributed by atoms with Crippen LogP contribution in [0, 0.1) is 0 Å². The van der Waals surface area contributed by atoms with Crippen molar-refractivity contribution in [2.75, 3.05) is 27.2 Å². The highest BCUT2D eigenvalue weighted by molar-refractivity contribution is 14.0. The van der Waals surface area contributed by atoms with Crippen molar-refractivity contribution in [2.24, 2.45) is 4.99 Å². The fourth-order valence-corrected chi connectivity index (χ4v) is 2.12. The van der Waals surface area contributed by atoms with Crippen LogP contribution in [0.5, 0.6) is 0 Å². The molecule has 0 aliphatic carbocycles. The van der Waals surface area contributed by atoms with E-state index in [1.54, 1.807) is 25.2 Å². The second-order valence-electron chi connectivity index (χ2n) is 5.32. The number of rotatable bonds is 5. The van der Waals surface area contributed by atoms with Crippen LogP contribution in [0.2, 0.25) is 0 Å². The fraction of sp³-hybridized carbons (Fsp3) is 0.353. The monoisotopic (exact) mass is 441 g/mol. The van der Waals surface area contributed by atoms with Crippen LogP contribution in [0.1, 0.15) is 12.6 Å². The molecule has 130 valence electrons. The SMILES string of the molecule is CCNC(=NCc1nccc2ccccc12)NCC(=O)N(C)C.I. The number of nitrogens with zero attached hydrogens (tertiary/aromatic N) is 3. The Balaban J connectivity index is 0.00000288. The molecule has 6 nitrogen and oxygen atoms in total. The van der Waals surface area contributed by atoms with Crippen molar-refractivity contribution in [3.63, 3.8) is 0 Å². The molecule has 0 bridgehead atoms. The number of nitrogens with one attached hydrogen (secondary N) is 2. The summed E-state index contributed by atoms with van der Waals surface area (Å²) in [5.41, 5.74) is 0.916. The largest absolute Gasteiger partial charge is 0.357 e. The molecule has 2 rings (SSSR count). The minimum Gasteiger partial charge on any atom is -0.357 e. The lowest BCUT2D eigenvalue weighted by atomic mass is 10.1. The molecule has 1 heterocycles. The van der Waals surface area contributed by atoms with Gasteiger partial charge in [0.15, 0.2) is 5.96 Å². The van der Waals surface area contributed by atoms with Gasteiger partial charge in [-0.25, -0.2) is 4.99 Å². The van der Waals surface area contributed by atoms with E-state index in [0.717, 1.165) is 23.0 Å². The Morgan fingerprint density at radius 1 is 1.21 bits per heavy atom. The summed E-state index contributed by atoms with van der Waals surface area (Å²) in [5, 5.41) is 8.42. The van der Waals surface area contributed by atoms with Gasteiger partial charge < -0.3 is 15.5 Å². The molecule has 0 aliphatic heterocycles. The maximum atomic E-state index is 11.7. The number of pyridine rings is 1. The fourth-order valence-electron chi connectivity index (χ4n) is 2.12. The average molecular weight is 441 g/mol. The number of guanidine groups is 1. The molecule has 1 amide bonds. The van der Waals surface area contributed by atoms with Gasteiger partial charge in [-0.15, -0.1) is 24.0 Å². The van der Waals surface area contributed by atoms with E-state index >= 15 is 0 Å². The van der Waals surface area contributed by atoms with Crippen LogP contribution < -0.4 is 10.6 Å². The Bertz CT molecular complexity index is 697. The van der Waals surface area contributed by atoms with Crippen LogP contribution in [-0.4, -0.2) is 48.9 Å². The Morgan fingerprint density at radius 2 is 1.96 bits per heavy atom. The number of likely N-dealkylation sites (N-methyl/N-ethyl adjacent to an activating group) is 1. The first-order chi connectivity index (χ1) is 11.1. The van der Waals surface area contributed by atoms with Crippen LogP contribution in [0.4, 0.5) is 0 Å². The van der Waals surface area contributed by atoms with E-state index in [9.17, 15) is 4.79 Å². The van der Waals surface area contributed by atoms with E-state index in [4.69, 9.17) is 0 Å². The van der Waals surface area contributed by atoms with Crippen molar-refractivity contribution in [1.82, 2.24) is 20.5 Å². The lowest BCUT2D eigenvalue weighted by Gasteiger charge is -2.14. The Morgan fingerprint density at radius 3 is 2.67 bits per heavy atom. The quantitative estimate of drug-likeness (QED) is 0.423. The summed E-state index contributed by atoms with van der Waals surface area (Å²) in [5.74, 6) is 0.608. The predicted octanol–water partition coefficient (Wildman–Crippen LogP) is 2.00. The molecular weight excluding hydrogens is 417 g/mol. The topological polar surface area (TPSA) is 69.6 Å². The second kappa shape index (κ2) is 10.1. The number of carbonyl (C=O) groups excluding carboxylic acids is 1. The molecule has 24 heavy (non-hydrogen) atoms. The van der Waals surface area contributed by atoms with Crippen molar-refractivity contribution < 1.29 is 4.79 Å². The van der Waals surface area contributed by atoms with Crippen molar-refractivity contribution in [2.45, 2.75) is 13.5 Å². The van der Waals surface area contributed by atoms with Crippen molar-refractivity contribution >= 4 is 46.6 Å². The highest BCUT2D eigenvalue weighted by Crippen LogP contribution is 2.16. The van der Waals surface area contributed by atoms with Gasteiger partial charge in [-0.05, 0) is 18.4 Å². The molecule has 0 spiro atoms. The Labute approximate surface area is 159 Å². The summed E-state index contributed by atoms with van der Waals surface area (Å²) < 4.78 is 0. The first kappa shape index (κ1) is 20.1. The van der Waals surface area contributed by atoms with E-state index in [1.165, 1.54) is 0 Å².